The third kappa shape index (κ3) is 4.34. The molecule has 4 heteroatoms. The fourth-order valence-electron chi connectivity index (χ4n) is 7.87. The Balaban J connectivity index is 1.24. The summed E-state index contributed by atoms with van der Waals surface area (Å²) in [6, 6.07) is 61.2. The van der Waals surface area contributed by atoms with Crippen LogP contribution in [0.1, 0.15) is 0 Å². The average Bonchev–Trinajstić information content (AvgIpc) is 3.90. The van der Waals surface area contributed by atoms with Crippen molar-refractivity contribution in [1.29, 1.82) is 0 Å². The van der Waals surface area contributed by atoms with Crippen molar-refractivity contribution >= 4 is 82.9 Å². The third-order valence-corrected chi connectivity index (χ3v) is 10.3. The van der Waals surface area contributed by atoms with E-state index < -0.39 is 0 Å². The number of rotatable bonds is 5. The van der Waals surface area contributed by atoms with Gasteiger partial charge in [0.25, 0.3) is 0 Å². The van der Waals surface area contributed by atoms with E-state index in [9.17, 15) is 0 Å². The third-order valence-electron chi connectivity index (χ3n) is 10.3. The molecule has 11 rings (SSSR count). The molecule has 3 heterocycles. The van der Waals surface area contributed by atoms with Crippen LogP contribution in [0.4, 0.5) is 17.1 Å². The van der Waals surface area contributed by atoms with Crippen molar-refractivity contribution < 1.29 is 13.3 Å². The maximum absolute atomic E-state index is 6.94. The van der Waals surface area contributed by atoms with Crippen LogP contribution < -0.4 is 4.90 Å². The maximum Gasteiger partial charge on any atom is 0.159 e. The van der Waals surface area contributed by atoms with E-state index in [1.54, 1.807) is 0 Å². The van der Waals surface area contributed by atoms with E-state index >= 15 is 0 Å². The van der Waals surface area contributed by atoms with Crippen molar-refractivity contribution in [3.05, 3.63) is 176 Å². The van der Waals surface area contributed by atoms with Crippen molar-refractivity contribution in [2.24, 2.45) is 0 Å². The fourth-order valence-corrected chi connectivity index (χ4v) is 7.87. The van der Waals surface area contributed by atoms with Gasteiger partial charge in [0.1, 0.15) is 27.9 Å². The van der Waals surface area contributed by atoms with Crippen LogP contribution in [0.5, 0.6) is 0 Å². The van der Waals surface area contributed by atoms with E-state index in [0.29, 0.717) is 0 Å². The topological polar surface area (TPSA) is 42.7 Å². The van der Waals surface area contributed by atoms with Gasteiger partial charge in [0.2, 0.25) is 0 Å². The van der Waals surface area contributed by atoms with E-state index in [4.69, 9.17) is 13.3 Å². The van der Waals surface area contributed by atoms with Crippen LogP contribution in [0, 0.1) is 0 Å². The van der Waals surface area contributed by atoms with E-state index in [2.05, 4.69) is 144 Å². The summed E-state index contributed by atoms with van der Waals surface area (Å²) in [4.78, 5) is 2.30. The van der Waals surface area contributed by atoms with Gasteiger partial charge in [-0.25, -0.2) is 0 Å². The summed E-state index contributed by atoms with van der Waals surface area (Å²) in [7, 11) is 0. The molecule has 8 aromatic carbocycles. The molecule has 0 N–H and O–H groups in total. The summed E-state index contributed by atoms with van der Waals surface area (Å²) in [5.74, 6) is 0. The lowest BCUT2D eigenvalue weighted by atomic mass is 9.98. The summed E-state index contributed by atoms with van der Waals surface area (Å²) in [5.41, 5.74) is 12.2. The Bertz CT molecular complexity index is 3130. The Kier molecular flexibility index (Phi) is 6.22. The van der Waals surface area contributed by atoms with E-state index in [1.165, 1.54) is 0 Å². The molecule has 3 aromatic heterocycles. The van der Waals surface area contributed by atoms with Crippen molar-refractivity contribution in [3.63, 3.8) is 0 Å². The minimum atomic E-state index is 0.813. The van der Waals surface area contributed by atoms with Crippen molar-refractivity contribution in [2.75, 3.05) is 4.90 Å². The van der Waals surface area contributed by atoms with Gasteiger partial charge in [0, 0.05) is 38.6 Å². The number of benzene rings is 8. The minimum absolute atomic E-state index is 0.813. The number of hydrogen-bond acceptors (Lipinski definition) is 4. The standard InChI is InChI=1S/C48H29NO3/c1-3-12-30(13-4-1)32-22-24-39-44(28-32)52-48-34(31-14-5-2-6-15-31)26-27-40(46(39)48)49(33-23-25-37-35-16-7-9-20-42(35)50-45(37)29-33)41-19-11-18-38-36-17-8-10-21-43(36)51-47(38)41/h1-29H. The second-order valence-corrected chi connectivity index (χ2v) is 13.2. The number of furan rings is 3. The Morgan fingerprint density at radius 1 is 0.327 bits per heavy atom. The first-order chi connectivity index (χ1) is 25.8. The number of nitrogens with zero attached hydrogens (tertiary/aromatic N) is 1. The van der Waals surface area contributed by atoms with Crippen LogP contribution in [0.25, 0.3) is 88.1 Å². The Morgan fingerprint density at radius 2 is 0.942 bits per heavy atom. The smallest absolute Gasteiger partial charge is 0.159 e. The normalized spacial score (nSPS) is 11.8. The molecular formula is C48H29NO3. The zero-order chi connectivity index (χ0) is 34.2. The van der Waals surface area contributed by atoms with Crippen LogP contribution in [-0.2, 0) is 0 Å². The summed E-state index contributed by atoms with van der Waals surface area (Å²) in [6.45, 7) is 0. The summed E-state index contributed by atoms with van der Waals surface area (Å²) < 4.78 is 20.1. The molecule has 0 bridgehead atoms. The number of anilines is 3. The van der Waals surface area contributed by atoms with Gasteiger partial charge >= 0.3 is 0 Å². The van der Waals surface area contributed by atoms with E-state index in [-0.39, 0.29) is 0 Å². The molecule has 52 heavy (non-hydrogen) atoms. The highest BCUT2D eigenvalue weighted by Crippen LogP contribution is 2.49. The molecule has 0 atom stereocenters. The van der Waals surface area contributed by atoms with Gasteiger partial charge in [-0.15, -0.1) is 0 Å². The van der Waals surface area contributed by atoms with Crippen molar-refractivity contribution in [2.45, 2.75) is 0 Å². The lowest BCUT2D eigenvalue weighted by molar-refractivity contribution is 0.667. The molecule has 0 aliphatic rings. The van der Waals surface area contributed by atoms with Gasteiger partial charge < -0.3 is 18.2 Å². The predicted molar refractivity (Wildman–Crippen MR) is 214 cm³/mol. The van der Waals surface area contributed by atoms with Gasteiger partial charge in [-0.3, -0.25) is 0 Å². The summed E-state index contributed by atoms with van der Waals surface area (Å²) >= 11 is 0. The SMILES string of the molecule is c1ccc(-c2ccc3c(c2)oc2c(-c4ccccc4)ccc(N(c4ccc5c(c4)oc4ccccc45)c4cccc5c4oc4ccccc45)c23)cc1. The summed E-state index contributed by atoms with van der Waals surface area (Å²) in [5, 5.41) is 6.37. The monoisotopic (exact) mass is 667 g/mol. The number of fused-ring (bicyclic) bond motifs is 9. The molecule has 0 saturated carbocycles. The first kappa shape index (κ1) is 28.8. The molecule has 4 nitrogen and oxygen atoms in total. The quantitative estimate of drug-likeness (QED) is 0.183. The van der Waals surface area contributed by atoms with Crippen molar-refractivity contribution in [1.82, 2.24) is 0 Å². The van der Waals surface area contributed by atoms with Gasteiger partial charge in [-0.2, -0.15) is 0 Å². The molecule has 0 saturated heterocycles. The zero-order valence-corrected chi connectivity index (χ0v) is 27.9. The van der Waals surface area contributed by atoms with Gasteiger partial charge in [-0.05, 0) is 71.3 Å². The predicted octanol–water partition coefficient (Wildman–Crippen LogP) is 14.2. The lowest BCUT2D eigenvalue weighted by Gasteiger charge is -2.26. The number of para-hydroxylation sites is 3. The van der Waals surface area contributed by atoms with Gasteiger partial charge in [-0.1, -0.05) is 115 Å². The van der Waals surface area contributed by atoms with Crippen LogP contribution in [0.2, 0.25) is 0 Å². The second kappa shape index (κ2) is 11.2. The Labute approximate surface area is 298 Å². The molecule has 244 valence electrons. The number of hydrogen-bond donors (Lipinski definition) is 0. The fraction of sp³-hybridized carbons (Fsp3) is 0. The van der Waals surface area contributed by atoms with Gasteiger partial charge in [0.15, 0.2) is 5.58 Å². The maximum atomic E-state index is 6.94. The molecule has 0 aliphatic heterocycles. The second-order valence-electron chi connectivity index (χ2n) is 13.2. The first-order valence-electron chi connectivity index (χ1n) is 17.5. The molecular weight excluding hydrogens is 639 g/mol. The highest BCUT2D eigenvalue weighted by molar-refractivity contribution is 6.19. The summed E-state index contributed by atoms with van der Waals surface area (Å²) in [6.07, 6.45) is 0. The minimum Gasteiger partial charge on any atom is -0.456 e. The first-order valence-corrected chi connectivity index (χ1v) is 17.5. The Hall–Kier alpha value is -7.04. The zero-order valence-electron chi connectivity index (χ0n) is 27.9. The molecule has 0 radical (unpaired) electrons. The van der Waals surface area contributed by atoms with Crippen LogP contribution in [0.15, 0.2) is 189 Å². The van der Waals surface area contributed by atoms with Gasteiger partial charge in [0.05, 0.1) is 22.4 Å². The highest BCUT2D eigenvalue weighted by atomic mass is 16.3. The van der Waals surface area contributed by atoms with Crippen LogP contribution >= 0.6 is 0 Å². The molecule has 0 amide bonds. The molecule has 0 unspecified atom stereocenters. The molecule has 0 spiro atoms. The molecule has 11 aromatic rings. The lowest BCUT2D eigenvalue weighted by Crippen LogP contribution is -2.10. The average molecular weight is 668 g/mol. The highest BCUT2D eigenvalue weighted by Gasteiger charge is 2.26. The Morgan fingerprint density at radius 3 is 1.75 bits per heavy atom. The van der Waals surface area contributed by atoms with Crippen molar-refractivity contribution in [3.8, 4) is 22.3 Å². The van der Waals surface area contributed by atoms with Crippen LogP contribution in [-0.4, -0.2) is 0 Å². The van der Waals surface area contributed by atoms with E-state index in [1.807, 2.05) is 36.4 Å². The largest absolute Gasteiger partial charge is 0.456 e. The van der Waals surface area contributed by atoms with Crippen LogP contribution in [0.3, 0.4) is 0 Å². The van der Waals surface area contributed by atoms with E-state index in [0.717, 1.165) is 105 Å². The molecule has 0 aliphatic carbocycles. The molecule has 0 fully saturated rings.